The number of alkyl halides is 2. The van der Waals surface area contributed by atoms with E-state index in [0.29, 0.717) is 23.8 Å². The van der Waals surface area contributed by atoms with Crippen molar-refractivity contribution in [2.24, 2.45) is 5.92 Å². The number of hydrogen-bond acceptors (Lipinski definition) is 4. The van der Waals surface area contributed by atoms with Gasteiger partial charge in [-0.3, -0.25) is 0 Å². The maximum atomic E-state index is 12.6. The molecular formula is C16H24F2N2O2. The van der Waals surface area contributed by atoms with Gasteiger partial charge in [0.25, 0.3) is 0 Å². The molecule has 1 aromatic rings. The van der Waals surface area contributed by atoms with Gasteiger partial charge in [-0.2, -0.15) is 8.78 Å². The largest absolute Gasteiger partial charge is 0.493 e. The average Bonchev–Trinajstić information content (AvgIpc) is 2.96. The number of hydrogen-bond donors (Lipinski definition) is 1. The van der Waals surface area contributed by atoms with Crippen LogP contribution in [0.1, 0.15) is 18.9 Å². The summed E-state index contributed by atoms with van der Waals surface area (Å²) in [5, 5.41) is 3.35. The van der Waals surface area contributed by atoms with E-state index in [1.165, 1.54) is 13.5 Å². The van der Waals surface area contributed by atoms with E-state index in [1.54, 1.807) is 18.2 Å². The van der Waals surface area contributed by atoms with Crippen LogP contribution in [0, 0.1) is 5.92 Å². The van der Waals surface area contributed by atoms with Crippen molar-refractivity contribution in [3.8, 4) is 11.5 Å². The minimum absolute atomic E-state index is 0.120. The molecule has 124 valence electrons. The second kappa shape index (κ2) is 8.29. The van der Waals surface area contributed by atoms with Gasteiger partial charge in [0.15, 0.2) is 11.5 Å². The van der Waals surface area contributed by atoms with Gasteiger partial charge in [-0.25, -0.2) is 0 Å². The molecule has 4 nitrogen and oxygen atoms in total. The molecule has 1 atom stereocenters. The first-order chi connectivity index (χ1) is 10.6. The van der Waals surface area contributed by atoms with E-state index >= 15 is 0 Å². The molecule has 0 aliphatic carbocycles. The predicted molar refractivity (Wildman–Crippen MR) is 81.6 cm³/mol. The number of halogens is 2. The average molecular weight is 314 g/mol. The Labute approximate surface area is 130 Å². The number of nitrogens with one attached hydrogen (secondary N) is 1. The molecule has 0 radical (unpaired) electrons. The Balaban J connectivity index is 1.91. The number of methoxy groups -OCH3 is 1. The number of ether oxygens (including phenoxy) is 2. The summed E-state index contributed by atoms with van der Waals surface area (Å²) in [7, 11) is 1.45. The fourth-order valence-electron chi connectivity index (χ4n) is 2.86. The first-order valence-electron chi connectivity index (χ1n) is 7.67. The summed E-state index contributed by atoms with van der Waals surface area (Å²) in [4.78, 5) is 2.42. The zero-order valence-corrected chi connectivity index (χ0v) is 13.1. The summed E-state index contributed by atoms with van der Waals surface area (Å²) >= 11 is 0. The summed E-state index contributed by atoms with van der Waals surface area (Å²) in [6, 6.07) is 5.18. The Morgan fingerprint density at radius 2 is 2.23 bits per heavy atom. The maximum Gasteiger partial charge on any atom is 0.387 e. The lowest BCUT2D eigenvalue weighted by Crippen LogP contribution is -2.26. The molecule has 0 saturated carbocycles. The molecular weight excluding hydrogens is 290 g/mol. The van der Waals surface area contributed by atoms with Gasteiger partial charge in [-0.1, -0.05) is 19.1 Å². The van der Waals surface area contributed by atoms with Crippen LogP contribution in [0.25, 0.3) is 0 Å². The second-order valence-corrected chi connectivity index (χ2v) is 5.51. The normalized spacial score (nSPS) is 18.9. The fourth-order valence-corrected chi connectivity index (χ4v) is 2.86. The van der Waals surface area contributed by atoms with Crippen LogP contribution in [-0.2, 0) is 6.54 Å². The van der Waals surface area contributed by atoms with Crippen molar-refractivity contribution in [1.82, 2.24) is 10.2 Å². The molecule has 0 spiro atoms. The topological polar surface area (TPSA) is 33.7 Å². The van der Waals surface area contributed by atoms with Crippen LogP contribution in [0.3, 0.4) is 0 Å². The Kier molecular flexibility index (Phi) is 6.39. The van der Waals surface area contributed by atoms with Crippen LogP contribution >= 0.6 is 0 Å². The highest BCUT2D eigenvalue weighted by Gasteiger charge is 2.21. The minimum atomic E-state index is -2.86. The molecule has 0 bridgehead atoms. The maximum absolute atomic E-state index is 12.6. The summed E-state index contributed by atoms with van der Waals surface area (Å²) in [6.07, 6.45) is 1.18. The minimum Gasteiger partial charge on any atom is -0.493 e. The molecule has 1 aromatic carbocycles. The van der Waals surface area contributed by atoms with Gasteiger partial charge in [-0.15, -0.1) is 0 Å². The van der Waals surface area contributed by atoms with Crippen LogP contribution in [0.4, 0.5) is 8.78 Å². The van der Waals surface area contributed by atoms with Gasteiger partial charge in [0.1, 0.15) is 0 Å². The molecule has 0 aromatic heterocycles. The third-order valence-electron chi connectivity index (χ3n) is 4.05. The van der Waals surface area contributed by atoms with Gasteiger partial charge in [0.05, 0.1) is 7.11 Å². The molecule has 1 aliphatic rings. The van der Waals surface area contributed by atoms with Crippen molar-refractivity contribution in [2.75, 3.05) is 33.3 Å². The van der Waals surface area contributed by atoms with Crippen molar-refractivity contribution in [3.63, 3.8) is 0 Å². The number of rotatable bonds is 8. The lowest BCUT2D eigenvalue weighted by molar-refractivity contribution is -0.0518. The van der Waals surface area contributed by atoms with Gasteiger partial charge < -0.3 is 19.7 Å². The Bertz CT molecular complexity index is 471. The zero-order chi connectivity index (χ0) is 15.9. The van der Waals surface area contributed by atoms with Crippen LogP contribution in [0.15, 0.2) is 18.2 Å². The van der Waals surface area contributed by atoms with E-state index < -0.39 is 6.61 Å². The number of para-hydroxylation sites is 1. The number of likely N-dealkylation sites (tertiary alicyclic amines) is 1. The third-order valence-corrected chi connectivity index (χ3v) is 4.05. The van der Waals surface area contributed by atoms with Crippen LogP contribution in [0.2, 0.25) is 0 Å². The van der Waals surface area contributed by atoms with Gasteiger partial charge in [0, 0.05) is 18.7 Å². The summed E-state index contributed by atoms with van der Waals surface area (Å²) in [5.41, 5.74) is 0.685. The van der Waals surface area contributed by atoms with Crippen molar-refractivity contribution < 1.29 is 18.3 Å². The van der Waals surface area contributed by atoms with E-state index in [0.717, 1.165) is 26.2 Å². The van der Waals surface area contributed by atoms with Crippen molar-refractivity contribution >= 4 is 0 Å². The number of nitrogens with zero attached hydrogens (tertiary/aromatic N) is 1. The molecule has 22 heavy (non-hydrogen) atoms. The first kappa shape index (κ1) is 17.0. The zero-order valence-electron chi connectivity index (χ0n) is 13.1. The summed E-state index contributed by atoms with van der Waals surface area (Å²) < 4.78 is 34.8. The highest BCUT2D eigenvalue weighted by Crippen LogP contribution is 2.32. The van der Waals surface area contributed by atoms with E-state index in [2.05, 4.69) is 21.9 Å². The Morgan fingerprint density at radius 1 is 1.41 bits per heavy atom. The van der Waals surface area contributed by atoms with Gasteiger partial charge in [0.2, 0.25) is 0 Å². The van der Waals surface area contributed by atoms with E-state index in [-0.39, 0.29) is 5.75 Å². The molecule has 2 rings (SSSR count). The molecule has 1 heterocycles. The number of benzene rings is 1. The van der Waals surface area contributed by atoms with Crippen LogP contribution in [0.5, 0.6) is 11.5 Å². The van der Waals surface area contributed by atoms with Crippen molar-refractivity contribution in [2.45, 2.75) is 26.5 Å². The molecule has 1 unspecified atom stereocenters. The molecule has 1 aliphatic heterocycles. The monoisotopic (exact) mass is 314 g/mol. The van der Waals surface area contributed by atoms with Crippen LogP contribution < -0.4 is 14.8 Å². The summed E-state index contributed by atoms with van der Waals surface area (Å²) in [5.74, 6) is 1.07. The first-order valence-corrected chi connectivity index (χ1v) is 7.67. The highest BCUT2D eigenvalue weighted by atomic mass is 19.3. The fraction of sp³-hybridized carbons (Fsp3) is 0.625. The quantitative estimate of drug-likeness (QED) is 0.800. The second-order valence-electron chi connectivity index (χ2n) is 5.51. The molecule has 1 saturated heterocycles. The standard InChI is InChI=1S/C16H24F2N2O2/c1-3-20-8-7-12(11-20)9-19-10-13-5-4-6-14(21-2)15(13)22-16(17)18/h4-6,12,16,19H,3,7-11H2,1-2H3. The van der Waals surface area contributed by atoms with Crippen molar-refractivity contribution in [1.29, 1.82) is 0 Å². The third kappa shape index (κ3) is 4.55. The molecule has 6 heteroatoms. The summed E-state index contributed by atoms with van der Waals surface area (Å²) in [6.45, 7) is 4.00. The Hall–Kier alpha value is -1.40. The van der Waals surface area contributed by atoms with Crippen LogP contribution in [-0.4, -0.2) is 44.8 Å². The molecule has 1 fully saturated rings. The van der Waals surface area contributed by atoms with E-state index in [1.807, 2.05) is 0 Å². The van der Waals surface area contributed by atoms with Crippen molar-refractivity contribution in [3.05, 3.63) is 23.8 Å². The van der Waals surface area contributed by atoms with Gasteiger partial charge in [-0.05, 0) is 38.0 Å². The van der Waals surface area contributed by atoms with E-state index in [9.17, 15) is 8.78 Å². The van der Waals surface area contributed by atoms with E-state index in [4.69, 9.17) is 4.74 Å². The molecule has 0 amide bonds. The lowest BCUT2D eigenvalue weighted by Gasteiger charge is -2.16. The lowest BCUT2D eigenvalue weighted by atomic mass is 10.1. The smallest absolute Gasteiger partial charge is 0.387 e. The van der Waals surface area contributed by atoms with Gasteiger partial charge >= 0.3 is 6.61 Å². The SMILES string of the molecule is CCN1CCC(CNCc2cccc(OC)c2OC(F)F)C1. The Morgan fingerprint density at radius 3 is 2.86 bits per heavy atom. The molecule has 1 N–H and O–H groups in total. The highest BCUT2D eigenvalue weighted by molar-refractivity contribution is 5.46. The predicted octanol–water partition coefficient (Wildman–Crippen LogP) is 2.73.